The van der Waals surface area contributed by atoms with Crippen molar-refractivity contribution in [1.29, 1.82) is 0 Å². The van der Waals surface area contributed by atoms with Crippen LogP contribution in [0.5, 0.6) is 0 Å². The lowest BCUT2D eigenvalue weighted by Gasteiger charge is -2.20. The van der Waals surface area contributed by atoms with Gasteiger partial charge >= 0.3 is 0 Å². The molecule has 0 saturated carbocycles. The zero-order valence-corrected chi connectivity index (χ0v) is 14.1. The minimum absolute atomic E-state index is 0.00432. The van der Waals surface area contributed by atoms with Crippen molar-refractivity contribution in [2.45, 2.75) is 70.9 Å². The Balaban J connectivity index is 4.47. The van der Waals surface area contributed by atoms with Gasteiger partial charge in [-0.1, -0.05) is 13.3 Å². The topological polar surface area (TPSA) is 115 Å². The van der Waals surface area contributed by atoms with E-state index in [9.17, 15) is 24.3 Å². The third kappa shape index (κ3) is 9.78. The summed E-state index contributed by atoms with van der Waals surface area (Å²) in [4.78, 5) is 45.8. The maximum Gasteiger partial charge on any atom is 0.238 e. The normalized spacial score (nSPS) is 13.2. The highest BCUT2D eigenvalue weighted by Crippen LogP contribution is 2.06. The lowest BCUT2D eigenvalue weighted by Crippen LogP contribution is -2.49. The van der Waals surface area contributed by atoms with Crippen molar-refractivity contribution in [2.75, 3.05) is 7.05 Å². The lowest BCUT2D eigenvalue weighted by molar-refractivity contribution is -0.305. The van der Waals surface area contributed by atoms with Crippen molar-refractivity contribution in [3.63, 3.8) is 0 Å². The molecule has 0 radical (unpaired) electrons. The van der Waals surface area contributed by atoms with Crippen molar-refractivity contribution in [3.05, 3.63) is 0 Å². The predicted molar refractivity (Wildman–Crippen MR) is 83.5 cm³/mol. The molecule has 2 unspecified atom stereocenters. The molecule has 0 aromatic carbocycles. The van der Waals surface area contributed by atoms with E-state index < -0.39 is 24.0 Å². The van der Waals surface area contributed by atoms with Gasteiger partial charge in [-0.15, -0.1) is 0 Å². The summed E-state index contributed by atoms with van der Waals surface area (Å²) < 4.78 is 0. The summed E-state index contributed by atoms with van der Waals surface area (Å²) in [5.41, 5.74) is 0. The van der Waals surface area contributed by atoms with Gasteiger partial charge in [-0.2, -0.15) is 0 Å². The Hall–Kier alpha value is -1.76. The number of carboxylic acids is 1. The first-order valence-electron chi connectivity index (χ1n) is 8.01. The molecule has 0 aliphatic rings. The zero-order valence-electron chi connectivity index (χ0n) is 14.1. The predicted octanol–water partition coefficient (Wildman–Crippen LogP) is -0.282. The van der Waals surface area contributed by atoms with Gasteiger partial charge < -0.3 is 20.5 Å². The summed E-state index contributed by atoms with van der Waals surface area (Å²) >= 11 is 0. The number of amides is 1. The fraction of sp³-hybridized carbons (Fsp3) is 0.750. The van der Waals surface area contributed by atoms with E-state index in [1.165, 1.54) is 6.92 Å². The van der Waals surface area contributed by atoms with Gasteiger partial charge in [-0.25, -0.2) is 0 Å². The maximum absolute atomic E-state index is 12.2. The van der Waals surface area contributed by atoms with Gasteiger partial charge in [-0.3, -0.25) is 14.4 Å². The van der Waals surface area contributed by atoms with Gasteiger partial charge in [0.2, 0.25) is 5.91 Å². The lowest BCUT2D eigenvalue weighted by atomic mass is 10.0. The number of unbranched alkanes of at least 4 members (excludes halogenated alkanes) is 1. The molecule has 0 heterocycles. The van der Waals surface area contributed by atoms with E-state index in [4.69, 9.17) is 0 Å². The van der Waals surface area contributed by atoms with Crippen molar-refractivity contribution in [1.82, 2.24) is 10.6 Å². The monoisotopic (exact) mass is 327 g/mol. The molecule has 2 N–H and O–H groups in total. The summed E-state index contributed by atoms with van der Waals surface area (Å²) in [6.45, 7) is 3.27. The van der Waals surface area contributed by atoms with Crippen LogP contribution in [0.15, 0.2) is 0 Å². The fourth-order valence-electron chi connectivity index (χ4n) is 2.20. The summed E-state index contributed by atoms with van der Waals surface area (Å²) in [6, 6.07) is -1.33. The fourth-order valence-corrected chi connectivity index (χ4v) is 2.20. The third-order valence-corrected chi connectivity index (χ3v) is 3.56. The van der Waals surface area contributed by atoms with Crippen LogP contribution < -0.4 is 15.7 Å². The quantitative estimate of drug-likeness (QED) is 0.449. The Labute approximate surface area is 137 Å². The molecule has 0 saturated heterocycles. The van der Waals surface area contributed by atoms with E-state index in [0.29, 0.717) is 25.7 Å². The molecule has 23 heavy (non-hydrogen) atoms. The number of carbonyl (C=O) groups is 4. The highest BCUT2D eigenvalue weighted by Gasteiger charge is 2.24. The molecule has 0 aromatic rings. The van der Waals surface area contributed by atoms with Crippen molar-refractivity contribution >= 4 is 23.4 Å². The van der Waals surface area contributed by atoms with Crippen molar-refractivity contribution in [2.24, 2.45) is 0 Å². The average Bonchev–Trinajstić information content (AvgIpc) is 2.47. The Kier molecular flexibility index (Phi) is 10.9. The van der Waals surface area contributed by atoms with Gasteiger partial charge in [0.1, 0.15) is 5.78 Å². The second-order valence-electron chi connectivity index (χ2n) is 5.62. The van der Waals surface area contributed by atoms with Crippen molar-refractivity contribution < 1.29 is 24.3 Å². The standard InChI is InChI=1S/C16H28N2O5/c1-4-7-12(20)10-14(17-3)16(23)18-13(11(2)19)8-5-6-9-15(21)22/h13-14,17H,4-10H2,1-3H3,(H,18,23)(H,21,22)/p-1. The molecule has 0 aliphatic carbocycles. The number of carboxylic acid groups (broad SMARTS) is 1. The summed E-state index contributed by atoms with van der Waals surface area (Å²) in [6.07, 6.45) is 2.43. The third-order valence-electron chi connectivity index (χ3n) is 3.56. The number of carbonyl (C=O) groups excluding carboxylic acids is 4. The van der Waals surface area contributed by atoms with Crippen LogP contribution in [0.4, 0.5) is 0 Å². The highest BCUT2D eigenvalue weighted by atomic mass is 16.4. The molecule has 0 aliphatic heterocycles. The SMILES string of the molecule is CCCC(=O)CC(NC)C(=O)NC(CCCCC(=O)[O-])C(C)=O. The van der Waals surface area contributed by atoms with Gasteiger partial charge in [0.25, 0.3) is 0 Å². The van der Waals surface area contributed by atoms with Gasteiger partial charge in [0, 0.05) is 18.8 Å². The first-order chi connectivity index (χ1) is 10.8. The van der Waals surface area contributed by atoms with Gasteiger partial charge in [-0.05, 0) is 39.7 Å². The second kappa shape index (κ2) is 11.8. The van der Waals surface area contributed by atoms with E-state index in [-0.39, 0.29) is 24.4 Å². The second-order valence-corrected chi connectivity index (χ2v) is 5.62. The largest absolute Gasteiger partial charge is 0.550 e. The van der Waals surface area contributed by atoms with Crippen LogP contribution in [-0.2, 0) is 19.2 Å². The van der Waals surface area contributed by atoms with E-state index in [1.54, 1.807) is 7.05 Å². The summed E-state index contributed by atoms with van der Waals surface area (Å²) in [5, 5.41) is 15.8. The van der Waals surface area contributed by atoms with Crippen LogP contribution in [0, 0.1) is 0 Å². The number of hydrogen-bond acceptors (Lipinski definition) is 6. The smallest absolute Gasteiger partial charge is 0.238 e. The van der Waals surface area contributed by atoms with E-state index in [1.807, 2.05) is 6.92 Å². The molecule has 0 fully saturated rings. The molecule has 2 atom stereocenters. The Bertz CT molecular complexity index is 423. The number of likely N-dealkylation sites (N-methyl/N-ethyl adjacent to an activating group) is 1. The number of nitrogens with one attached hydrogen (secondary N) is 2. The van der Waals surface area contributed by atoms with Crippen molar-refractivity contribution in [3.8, 4) is 0 Å². The minimum Gasteiger partial charge on any atom is -0.550 e. The van der Waals surface area contributed by atoms with Crippen LogP contribution in [0.1, 0.15) is 58.8 Å². The van der Waals surface area contributed by atoms with Crippen LogP contribution in [0.25, 0.3) is 0 Å². The number of hydrogen-bond donors (Lipinski definition) is 2. The van der Waals surface area contributed by atoms with Gasteiger partial charge in [0.05, 0.1) is 12.1 Å². The average molecular weight is 327 g/mol. The molecular weight excluding hydrogens is 300 g/mol. The van der Waals surface area contributed by atoms with E-state index >= 15 is 0 Å². The molecule has 0 bridgehead atoms. The molecule has 0 spiro atoms. The van der Waals surface area contributed by atoms with Crippen LogP contribution in [0.2, 0.25) is 0 Å². The maximum atomic E-state index is 12.2. The molecule has 0 rings (SSSR count). The zero-order chi connectivity index (χ0) is 17.8. The minimum atomic E-state index is -1.13. The van der Waals surface area contributed by atoms with E-state index in [2.05, 4.69) is 10.6 Å². The highest BCUT2D eigenvalue weighted by molar-refractivity contribution is 5.92. The Morgan fingerprint density at radius 1 is 1.04 bits per heavy atom. The molecule has 1 amide bonds. The molecule has 0 aromatic heterocycles. The van der Waals surface area contributed by atoms with Gasteiger partial charge in [0.15, 0.2) is 5.78 Å². The summed E-state index contributed by atoms with van der Waals surface area (Å²) in [7, 11) is 1.59. The molecule has 132 valence electrons. The first-order valence-corrected chi connectivity index (χ1v) is 8.01. The first kappa shape index (κ1) is 21.2. The molecule has 7 heteroatoms. The number of rotatable bonds is 13. The number of aliphatic carboxylic acids is 1. The van der Waals surface area contributed by atoms with Crippen LogP contribution in [0.3, 0.4) is 0 Å². The Morgan fingerprint density at radius 3 is 2.17 bits per heavy atom. The van der Waals surface area contributed by atoms with Crippen LogP contribution >= 0.6 is 0 Å². The van der Waals surface area contributed by atoms with Crippen LogP contribution in [-0.4, -0.2) is 42.6 Å². The molecular formula is C16H27N2O5-. The Morgan fingerprint density at radius 2 is 1.70 bits per heavy atom. The number of ketones is 2. The summed E-state index contributed by atoms with van der Waals surface area (Å²) in [5.74, 6) is -1.72. The molecule has 7 nitrogen and oxygen atoms in total. The van der Waals surface area contributed by atoms with E-state index in [0.717, 1.165) is 6.42 Å². The number of Topliss-reactive ketones (excluding diaryl/α,β-unsaturated/α-hetero) is 2.